The van der Waals surface area contributed by atoms with Gasteiger partial charge in [0.2, 0.25) is 5.91 Å². The molecule has 0 spiro atoms. The van der Waals surface area contributed by atoms with Crippen LogP contribution in [0.15, 0.2) is 18.2 Å². The molecule has 5 nitrogen and oxygen atoms in total. The molecule has 25 heavy (non-hydrogen) atoms. The number of unbranched alkanes of at least 4 members (excludes halogenated alkanes) is 3. The molecular formula is C18H26N2O3S2. The summed E-state index contributed by atoms with van der Waals surface area (Å²) in [5.41, 5.74) is 2.08. The number of aryl methyl sites for hydroxylation is 1. The molecule has 0 aliphatic rings. The highest BCUT2D eigenvalue weighted by Crippen LogP contribution is 2.27. The zero-order valence-corrected chi connectivity index (χ0v) is 16.5. The number of nitrogens with one attached hydrogen (secondary N) is 1. The Hall–Kier alpha value is -1.47. The van der Waals surface area contributed by atoms with E-state index in [0.29, 0.717) is 11.6 Å². The van der Waals surface area contributed by atoms with Gasteiger partial charge in [-0.15, -0.1) is 0 Å². The average molecular weight is 383 g/mol. The van der Waals surface area contributed by atoms with Gasteiger partial charge in [-0.2, -0.15) is 0 Å². The van der Waals surface area contributed by atoms with Gasteiger partial charge in [-0.25, -0.2) is 13.4 Å². The molecule has 1 heterocycles. The fraction of sp³-hybridized carbons (Fsp3) is 0.556. The Kier molecular flexibility index (Phi) is 7.38. The first-order valence-electron chi connectivity index (χ1n) is 8.83. The Morgan fingerprint density at radius 2 is 1.92 bits per heavy atom. The van der Waals surface area contributed by atoms with Crippen LogP contribution in [0.5, 0.6) is 0 Å². The molecule has 138 valence electrons. The molecule has 0 aliphatic heterocycles. The fourth-order valence-corrected chi connectivity index (χ4v) is 4.76. The number of hydrogen-bond donors (Lipinski definition) is 1. The van der Waals surface area contributed by atoms with Crippen molar-refractivity contribution < 1.29 is 13.2 Å². The minimum atomic E-state index is -3.36. The SMILES string of the molecule is CCCCCS(=O)(=O)CC(=O)Nc1nc2ccc(CCCC)cc2s1. The van der Waals surface area contributed by atoms with E-state index < -0.39 is 21.5 Å². The Balaban J connectivity index is 1.98. The third-order valence-corrected chi connectivity index (χ3v) is 6.47. The van der Waals surface area contributed by atoms with E-state index in [1.807, 2.05) is 13.0 Å². The molecule has 0 aliphatic carbocycles. The molecule has 7 heteroatoms. The summed E-state index contributed by atoms with van der Waals surface area (Å²) in [6, 6.07) is 6.11. The molecule has 0 fully saturated rings. The number of nitrogens with zero attached hydrogens (tertiary/aromatic N) is 1. The summed E-state index contributed by atoms with van der Waals surface area (Å²) in [6.07, 6.45) is 5.74. The molecule has 2 aromatic rings. The molecule has 1 N–H and O–H groups in total. The van der Waals surface area contributed by atoms with Gasteiger partial charge in [0.25, 0.3) is 0 Å². The van der Waals surface area contributed by atoms with Crippen LogP contribution in [0.2, 0.25) is 0 Å². The number of anilines is 1. The van der Waals surface area contributed by atoms with Crippen LogP contribution in [0.3, 0.4) is 0 Å². The Morgan fingerprint density at radius 3 is 2.64 bits per heavy atom. The van der Waals surface area contributed by atoms with Crippen LogP contribution >= 0.6 is 11.3 Å². The average Bonchev–Trinajstić information content (AvgIpc) is 2.93. The maximum Gasteiger partial charge on any atom is 0.241 e. The van der Waals surface area contributed by atoms with Crippen molar-refractivity contribution in [2.24, 2.45) is 0 Å². The minimum Gasteiger partial charge on any atom is -0.301 e. The summed E-state index contributed by atoms with van der Waals surface area (Å²) in [5, 5.41) is 3.08. The van der Waals surface area contributed by atoms with E-state index in [0.717, 1.165) is 42.3 Å². The van der Waals surface area contributed by atoms with Crippen LogP contribution in [-0.4, -0.2) is 30.8 Å². The number of fused-ring (bicyclic) bond motifs is 1. The van der Waals surface area contributed by atoms with Gasteiger partial charge in [-0.1, -0.05) is 50.5 Å². The summed E-state index contributed by atoms with van der Waals surface area (Å²) in [6.45, 7) is 4.18. The zero-order chi connectivity index (χ0) is 18.3. The molecule has 1 aromatic heterocycles. The van der Waals surface area contributed by atoms with Crippen LogP contribution < -0.4 is 5.32 Å². The normalized spacial score (nSPS) is 11.8. The predicted molar refractivity (Wildman–Crippen MR) is 105 cm³/mol. The summed E-state index contributed by atoms with van der Waals surface area (Å²) in [7, 11) is -3.36. The van der Waals surface area contributed by atoms with Crippen LogP contribution in [-0.2, 0) is 21.1 Å². The summed E-state index contributed by atoms with van der Waals surface area (Å²) in [5.74, 6) is -0.926. The Labute approximate surface area is 153 Å². The van der Waals surface area contributed by atoms with Crippen molar-refractivity contribution in [2.75, 3.05) is 16.8 Å². The second-order valence-electron chi connectivity index (χ2n) is 6.27. The Bertz CT molecular complexity index is 813. The molecule has 0 bridgehead atoms. The predicted octanol–water partition coefficient (Wildman–Crippen LogP) is 4.18. The molecule has 0 radical (unpaired) electrons. The monoisotopic (exact) mass is 382 g/mol. The lowest BCUT2D eigenvalue weighted by Gasteiger charge is -2.03. The van der Waals surface area contributed by atoms with E-state index in [1.54, 1.807) is 0 Å². The first kappa shape index (κ1) is 19.8. The maximum absolute atomic E-state index is 12.0. The highest BCUT2D eigenvalue weighted by atomic mass is 32.2. The number of sulfone groups is 1. The third-order valence-electron chi connectivity index (χ3n) is 3.93. The molecular weight excluding hydrogens is 356 g/mol. The van der Waals surface area contributed by atoms with E-state index in [-0.39, 0.29) is 5.75 Å². The van der Waals surface area contributed by atoms with Gasteiger partial charge < -0.3 is 5.32 Å². The minimum absolute atomic E-state index is 0.0644. The number of rotatable bonds is 10. The fourth-order valence-electron chi connectivity index (χ4n) is 2.56. The molecule has 1 amide bonds. The zero-order valence-electron chi connectivity index (χ0n) is 14.9. The van der Waals surface area contributed by atoms with E-state index in [4.69, 9.17) is 0 Å². The van der Waals surface area contributed by atoms with Crippen molar-refractivity contribution in [3.05, 3.63) is 23.8 Å². The topological polar surface area (TPSA) is 76.1 Å². The van der Waals surface area contributed by atoms with E-state index in [2.05, 4.69) is 29.4 Å². The quantitative estimate of drug-likeness (QED) is 0.625. The van der Waals surface area contributed by atoms with Crippen molar-refractivity contribution in [1.29, 1.82) is 0 Å². The maximum atomic E-state index is 12.0. The lowest BCUT2D eigenvalue weighted by Crippen LogP contribution is -2.24. The van der Waals surface area contributed by atoms with E-state index in [9.17, 15) is 13.2 Å². The van der Waals surface area contributed by atoms with Crippen LogP contribution in [0, 0.1) is 0 Å². The van der Waals surface area contributed by atoms with Gasteiger partial charge in [0.15, 0.2) is 15.0 Å². The number of amides is 1. The smallest absolute Gasteiger partial charge is 0.241 e. The second-order valence-corrected chi connectivity index (χ2v) is 9.49. The van der Waals surface area contributed by atoms with Gasteiger partial charge in [0, 0.05) is 0 Å². The van der Waals surface area contributed by atoms with Crippen molar-refractivity contribution in [3.8, 4) is 0 Å². The summed E-state index contributed by atoms with van der Waals surface area (Å²) >= 11 is 1.38. The number of benzene rings is 1. The lowest BCUT2D eigenvalue weighted by atomic mass is 10.1. The van der Waals surface area contributed by atoms with Gasteiger partial charge in [-0.05, 0) is 37.0 Å². The van der Waals surface area contributed by atoms with Gasteiger partial charge in [0.05, 0.1) is 16.0 Å². The molecule has 0 saturated carbocycles. The number of thiazole rings is 1. The van der Waals surface area contributed by atoms with Gasteiger partial charge in [0.1, 0.15) is 5.75 Å². The number of carbonyl (C=O) groups excluding carboxylic acids is 1. The molecule has 0 saturated heterocycles. The molecule has 1 aromatic carbocycles. The summed E-state index contributed by atoms with van der Waals surface area (Å²) in [4.78, 5) is 16.4. The van der Waals surface area contributed by atoms with Crippen LogP contribution in [0.1, 0.15) is 51.5 Å². The van der Waals surface area contributed by atoms with Gasteiger partial charge >= 0.3 is 0 Å². The van der Waals surface area contributed by atoms with Crippen LogP contribution in [0.4, 0.5) is 5.13 Å². The summed E-state index contributed by atoms with van der Waals surface area (Å²) < 4.78 is 24.9. The first-order valence-corrected chi connectivity index (χ1v) is 11.5. The van der Waals surface area contributed by atoms with E-state index >= 15 is 0 Å². The number of aromatic nitrogens is 1. The van der Waals surface area contributed by atoms with Crippen molar-refractivity contribution >= 4 is 42.4 Å². The van der Waals surface area contributed by atoms with Crippen molar-refractivity contribution in [2.45, 2.75) is 52.4 Å². The largest absolute Gasteiger partial charge is 0.301 e. The van der Waals surface area contributed by atoms with E-state index in [1.165, 1.54) is 16.9 Å². The molecule has 0 atom stereocenters. The second kappa shape index (κ2) is 9.29. The lowest BCUT2D eigenvalue weighted by molar-refractivity contribution is -0.113. The number of carbonyl (C=O) groups is 1. The number of hydrogen-bond acceptors (Lipinski definition) is 5. The Morgan fingerprint density at radius 1 is 1.16 bits per heavy atom. The van der Waals surface area contributed by atoms with Crippen molar-refractivity contribution in [3.63, 3.8) is 0 Å². The van der Waals surface area contributed by atoms with Crippen molar-refractivity contribution in [1.82, 2.24) is 4.98 Å². The van der Waals surface area contributed by atoms with Gasteiger partial charge in [-0.3, -0.25) is 4.79 Å². The molecule has 0 unspecified atom stereocenters. The first-order chi connectivity index (χ1) is 11.9. The standard InChI is InChI=1S/C18H26N2O3S2/c1-3-5-7-11-25(22,23)13-17(21)20-18-19-15-10-9-14(8-6-4-2)12-16(15)24-18/h9-10,12H,3-8,11,13H2,1-2H3,(H,19,20,21). The highest BCUT2D eigenvalue weighted by molar-refractivity contribution is 7.92. The van der Waals surface area contributed by atoms with Crippen LogP contribution in [0.25, 0.3) is 10.2 Å². The highest BCUT2D eigenvalue weighted by Gasteiger charge is 2.17. The molecule has 2 rings (SSSR count). The third kappa shape index (κ3) is 6.40.